The van der Waals surface area contributed by atoms with Crippen LogP contribution in [0.15, 0.2) is 60.7 Å². The van der Waals surface area contributed by atoms with Crippen LogP contribution in [0.1, 0.15) is 66.9 Å². The third kappa shape index (κ3) is 8.87. The molecule has 0 fully saturated rings. The minimum Gasteiger partial charge on any atom is -0.395 e. The van der Waals surface area contributed by atoms with Gasteiger partial charge in [-0.25, -0.2) is 0 Å². The van der Waals surface area contributed by atoms with Gasteiger partial charge in [-0.1, -0.05) is 48.5 Å². The maximum absolute atomic E-state index is 13.3. The Morgan fingerprint density at radius 1 is 0.628 bits per heavy atom. The van der Waals surface area contributed by atoms with E-state index in [1.165, 1.54) is 46.4 Å². The first-order valence-electron chi connectivity index (χ1n) is 14.0. The zero-order chi connectivity index (χ0) is 32.8. The van der Waals surface area contributed by atoms with E-state index in [1.807, 2.05) is 6.07 Å². The normalized spacial score (nSPS) is 12.9. The van der Waals surface area contributed by atoms with Gasteiger partial charge in [0.2, 0.25) is 23.6 Å². The number of rotatable bonds is 12. The van der Waals surface area contributed by atoms with E-state index in [9.17, 15) is 29.1 Å². The largest absolute Gasteiger partial charge is 0.395 e. The molecule has 0 aliphatic heterocycles. The summed E-state index contributed by atoms with van der Waals surface area (Å²) >= 11 is 0. The second-order valence-corrected chi connectivity index (χ2v) is 12.7. The van der Waals surface area contributed by atoms with Gasteiger partial charge < -0.3 is 31.3 Å². The number of hydrogen-bond acceptors (Lipinski definition) is 6. The summed E-state index contributed by atoms with van der Waals surface area (Å²) in [5.41, 5.74) is -4.46. The van der Waals surface area contributed by atoms with Crippen LogP contribution in [0.4, 0.5) is 5.69 Å². The van der Waals surface area contributed by atoms with Crippen LogP contribution < -0.4 is 26.2 Å². The number of carbonyl (C=O) groups excluding carboxylic acids is 5. The number of likely N-dealkylation sites (N-methyl/N-ethyl adjacent to an activating group) is 1. The summed E-state index contributed by atoms with van der Waals surface area (Å²) in [5, 5.41) is 20.5. The average molecular weight is 596 g/mol. The Labute approximate surface area is 253 Å². The summed E-state index contributed by atoms with van der Waals surface area (Å²) in [6.07, 6.45) is 0. The molecule has 11 heteroatoms. The molecule has 11 nitrogen and oxygen atoms in total. The summed E-state index contributed by atoms with van der Waals surface area (Å²) in [4.78, 5) is 67.3. The first-order valence-corrected chi connectivity index (χ1v) is 14.0. The highest BCUT2D eigenvalue weighted by molar-refractivity contribution is 6.03. The zero-order valence-electron chi connectivity index (χ0n) is 26.5. The predicted molar refractivity (Wildman–Crippen MR) is 165 cm³/mol. The molecular formula is C32H45N5O6. The van der Waals surface area contributed by atoms with E-state index >= 15 is 0 Å². The number of nitrogens with zero attached hydrogens (tertiary/aromatic N) is 1. The van der Waals surface area contributed by atoms with E-state index < -0.39 is 58.3 Å². The van der Waals surface area contributed by atoms with E-state index in [4.69, 9.17) is 0 Å². The molecule has 0 aromatic heterocycles. The molecule has 2 aromatic carbocycles. The zero-order valence-corrected chi connectivity index (χ0v) is 26.5. The Bertz CT molecular complexity index is 1320. The fourth-order valence-electron chi connectivity index (χ4n) is 4.15. The fraction of sp³-hybridized carbons (Fsp3) is 0.469. The molecule has 0 spiro atoms. The van der Waals surface area contributed by atoms with Crippen molar-refractivity contribution in [1.29, 1.82) is 0 Å². The number of hydrogen-bond donors (Lipinski definition) is 5. The smallest absolute Gasteiger partial charge is 0.251 e. The average Bonchev–Trinajstić information content (AvgIpc) is 2.92. The number of aliphatic hydroxyl groups is 1. The van der Waals surface area contributed by atoms with Gasteiger partial charge in [-0.05, 0) is 73.1 Å². The van der Waals surface area contributed by atoms with Crippen LogP contribution in [-0.2, 0) is 24.0 Å². The molecule has 1 unspecified atom stereocenters. The van der Waals surface area contributed by atoms with Crippen molar-refractivity contribution in [3.8, 4) is 0 Å². The van der Waals surface area contributed by atoms with Crippen molar-refractivity contribution in [2.45, 2.75) is 83.5 Å². The molecule has 5 N–H and O–H groups in total. The van der Waals surface area contributed by atoms with E-state index in [1.54, 1.807) is 75.5 Å². The first kappa shape index (κ1) is 34.9. The van der Waals surface area contributed by atoms with Crippen LogP contribution in [0.2, 0.25) is 0 Å². The second-order valence-electron chi connectivity index (χ2n) is 12.7. The number of nitrogens with one attached hydrogen (secondary N) is 4. The molecule has 1 atom stereocenters. The number of anilines is 1. The van der Waals surface area contributed by atoms with Crippen molar-refractivity contribution in [1.82, 2.24) is 21.3 Å². The lowest BCUT2D eigenvalue weighted by Gasteiger charge is -2.37. The predicted octanol–water partition coefficient (Wildman–Crippen LogP) is 2.00. The molecule has 0 saturated heterocycles. The lowest BCUT2D eigenvalue weighted by atomic mass is 9.94. The maximum Gasteiger partial charge on any atom is 0.251 e. The highest BCUT2D eigenvalue weighted by Gasteiger charge is 2.42. The topological polar surface area (TPSA) is 157 Å². The number of benzene rings is 2. The Morgan fingerprint density at radius 3 is 1.42 bits per heavy atom. The van der Waals surface area contributed by atoms with Gasteiger partial charge in [0.25, 0.3) is 5.91 Å². The van der Waals surface area contributed by atoms with E-state index in [-0.39, 0.29) is 5.91 Å². The molecule has 2 aromatic rings. The van der Waals surface area contributed by atoms with Gasteiger partial charge >= 0.3 is 0 Å². The molecule has 0 heterocycles. The lowest BCUT2D eigenvalue weighted by Crippen LogP contribution is -2.67. The number of carbonyl (C=O) groups is 5. The molecule has 5 amide bonds. The third-order valence-corrected chi connectivity index (χ3v) is 7.10. The molecule has 234 valence electrons. The van der Waals surface area contributed by atoms with Crippen molar-refractivity contribution < 1.29 is 29.1 Å². The SMILES string of the molecule is CN(C(=O)C(C)(C)NC(=O)C(C)(C)NC(=O)C(C)(C)NC(=O)C(C)(C)NC(=O)C(CO)c1ccccc1)c1ccccc1. The highest BCUT2D eigenvalue weighted by atomic mass is 16.3. The van der Waals surface area contributed by atoms with Gasteiger partial charge in [-0.15, -0.1) is 0 Å². The van der Waals surface area contributed by atoms with Crippen LogP contribution in [0.5, 0.6) is 0 Å². The van der Waals surface area contributed by atoms with Crippen LogP contribution in [0, 0.1) is 0 Å². The molecule has 43 heavy (non-hydrogen) atoms. The summed E-state index contributed by atoms with van der Waals surface area (Å²) in [6, 6.07) is 17.7. The fourth-order valence-corrected chi connectivity index (χ4v) is 4.15. The van der Waals surface area contributed by atoms with Crippen LogP contribution in [-0.4, -0.2) is 70.5 Å². The first-order chi connectivity index (χ1) is 19.7. The summed E-state index contributed by atoms with van der Waals surface area (Å²) in [5.74, 6) is -3.71. The van der Waals surface area contributed by atoms with Gasteiger partial charge in [-0.3, -0.25) is 24.0 Å². The molecule has 2 rings (SSSR count). The van der Waals surface area contributed by atoms with Crippen molar-refractivity contribution >= 4 is 35.2 Å². The quantitative estimate of drug-likeness (QED) is 0.253. The molecule has 0 radical (unpaired) electrons. The van der Waals surface area contributed by atoms with Gasteiger partial charge in [0, 0.05) is 12.7 Å². The number of amides is 5. The van der Waals surface area contributed by atoms with Crippen LogP contribution >= 0.6 is 0 Å². The maximum atomic E-state index is 13.3. The second kappa shape index (κ2) is 13.4. The van der Waals surface area contributed by atoms with E-state index in [0.29, 0.717) is 11.3 Å². The monoisotopic (exact) mass is 595 g/mol. The summed E-state index contributed by atoms with van der Waals surface area (Å²) in [6.45, 7) is 11.6. The molecule has 0 aliphatic rings. The number of para-hydroxylation sites is 1. The van der Waals surface area contributed by atoms with Crippen molar-refractivity contribution in [3.05, 3.63) is 66.2 Å². The van der Waals surface area contributed by atoms with Crippen molar-refractivity contribution in [2.75, 3.05) is 18.6 Å². The molecule has 0 saturated carbocycles. The highest BCUT2D eigenvalue weighted by Crippen LogP contribution is 2.20. The van der Waals surface area contributed by atoms with Gasteiger partial charge in [0.15, 0.2) is 0 Å². The molecule has 0 bridgehead atoms. The van der Waals surface area contributed by atoms with E-state index in [0.717, 1.165) is 0 Å². The van der Waals surface area contributed by atoms with Gasteiger partial charge in [-0.2, -0.15) is 0 Å². The Kier molecular flexibility index (Phi) is 10.9. The minimum absolute atomic E-state index is 0.359. The minimum atomic E-state index is -1.49. The Hall–Kier alpha value is -4.25. The van der Waals surface area contributed by atoms with Gasteiger partial charge in [0.1, 0.15) is 22.2 Å². The summed E-state index contributed by atoms with van der Waals surface area (Å²) in [7, 11) is 1.61. The lowest BCUT2D eigenvalue weighted by molar-refractivity contribution is -0.140. The Balaban J connectivity index is 2.06. The summed E-state index contributed by atoms with van der Waals surface area (Å²) < 4.78 is 0. The number of aliphatic hydroxyl groups excluding tert-OH is 1. The van der Waals surface area contributed by atoms with Crippen LogP contribution in [0.25, 0.3) is 0 Å². The third-order valence-electron chi connectivity index (χ3n) is 7.10. The van der Waals surface area contributed by atoms with Crippen molar-refractivity contribution in [2.24, 2.45) is 0 Å². The van der Waals surface area contributed by atoms with Gasteiger partial charge in [0.05, 0.1) is 12.5 Å². The molecule has 0 aliphatic carbocycles. The van der Waals surface area contributed by atoms with E-state index in [2.05, 4.69) is 21.3 Å². The Morgan fingerprint density at radius 2 is 1.00 bits per heavy atom. The van der Waals surface area contributed by atoms with Crippen molar-refractivity contribution in [3.63, 3.8) is 0 Å². The standard InChI is InChI=1S/C32H45N5O6/c1-29(2,33-24(39)23(20-38)21-16-12-10-13-17-21)25(40)34-30(3,4)26(41)35-31(5,6)27(42)36-32(7,8)28(43)37(9)22-18-14-11-15-19-22/h10-19,23,38H,20H2,1-9H3,(H,33,39)(H,34,40)(H,35,41)(H,36,42). The van der Waals surface area contributed by atoms with Crippen LogP contribution in [0.3, 0.4) is 0 Å². The molecular weight excluding hydrogens is 550 g/mol.